The first-order valence-corrected chi connectivity index (χ1v) is 6.56. The first-order chi connectivity index (χ1) is 8.69. The highest BCUT2D eigenvalue weighted by Crippen LogP contribution is 2.25. The molecule has 1 aromatic carbocycles. The predicted molar refractivity (Wildman–Crippen MR) is 71.9 cm³/mol. The molecule has 0 aliphatic heterocycles. The van der Waals surface area contributed by atoms with E-state index in [2.05, 4.69) is 6.92 Å². The van der Waals surface area contributed by atoms with Gasteiger partial charge in [-0.05, 0) is 37.8 Å². The maximum Gasteiger partial charge on any atom is 0.306 e. The fraction of sp³-hybridized carbons (Fsp3) is 0.533. The van der Waals surface area contributed by atoms with Crippen LogP contribution in [0.4, 0.5) is 0 Å². The van der Waals surface area contributed by atoms with Crippen molar-refractivity contribution < 1.29 is 14.3 Å². The minimum Gasteiger partial charge on any atom is -0.493 e. The van der Waals surface area contributed by atoms with E-state index < -0.39 is 0 Å². The van der Waals surface area contributed by atoms with E-state index in [1.807, 2.05) is 32.0 Å². The van der Waals surface area contributed by atoms with Gasteiger partial charge >= 0.3 is 5.97 Å². The largest absolute Gasteiger partial charge is 0.493 e. The van der Waals surface area contributed by atoms with E-state index >= 15 is 0 Å². The summed E-state index contributed by atoms with van der Waals surface area (Å²) in [7, 11) is 0. The summed E-state index contributed by atoms with van der Waals surface area (Å²) in [5, 5.41) is 0. The summed E-state index contributed by atoms with van der Waals surface area (Å²) in [4.78, 5) is 11.4. The Labute approximate surface area is 109 Å². The van der Waals surface area contributed by atoms with Gasteiger partial charge in [-0.2, -0.15) is 0 Å². The quantitative estimate of drug-likeness (QED) is 0.697. The number of esters is 1. The molecule has 100 valence electrons. The van der Waals surface area contributed by atoms with Crippen molar-refractivity contribution in [2.75, 3.05) is 13.2 Å². The van der Waals surface area contributed by atoms with Gasteiger partial charge in [-0.15, -0.1) is 0 Å². The lowest BCUT2D eigenvalue weighted by Gasteiger charge is -2.13. The molecule has 0 N–H and O–H groups in total. The number of ether oxygens (including phenoxy) is 2. The molecule has 1 aromatic rings. The van der Waals surface area contributed by atoms with Gasteiger partial charge in [0.1, 0.15) is 5.75 Å². The fourth-order valence-electron chi connectivity index (χ4n) is 1.79. The van der Waals surface area contributed by atoms with Crippen LogP contribution < -0.4 is 4.74 Å². The number of hydrogen-bond donors (Lipinski definition) is 0. The monoisotopic (exact) mass is 250 g/mol. The third kappa shape index (κ3) is 4.40. The Hall–Kier alpha value is -1.51. The van der Waals surface area contributed by atoms with Gasteiger partial charge in [-0.3, -0.25) is 4.79 Å². The van der Waals surface area contributed by atoms with Crippen molar-refractivity contribution in [3.63, 3.8) is 0 Å². The Morgan fingerprint density at radius 1 is 1.28 bits per heavy atom. The maximum atomic E-state index is 11.4. The molecule has 0 aromatic heterocycles. The number of benzene rings is 1. The molecule has 0 radical (unpaired) electrons. The molecule has 3 heteroatoms. The van der Waals surface area contributed by atoms with Crippen molar-refractivity contribution in [2.24, 2.45) is 0 Å². The van der Waals surface area contributed by atoms with Crippen LogP contribution in [0.1, 0.15) is 37.8 Å². The Balaban J connectivity index is 2.68. The van der Waals surface area contributed by atoms with Gasteiger partial charge in [0.05, 0.1) is 13.2 Å². The molecule has 0 saturated carbocycles. The molecular weight excluding hydrogens is 228 g/mol. The van der Waals surface area contributed by atoms with Crippen LogP contribution in [0.3, 0.4) is 0 Å². The van der Waals surface area contributed by atoms with Crippen molar-refractivity contribution in [3.05, 3.63) is 29.3 Å². The van der Waals surface area contributed by atoms with Crippen LogP contribution in [0.2, 0.25) is 0 Å². The van der Waals surface area contributed by atoms with Crippen LogP contribution in [0.25, 0.3) is 0 Å². The van der Waals surface area contributed by atoms with Gasteiger partial charge in [-0.25, -0.2) is 0 Å². The zero-order valence-corrected chi connectivity index (χ0v) is 11.5. The molecule has 0 spiro atoms. The molecule has 0 unspecified atom stereocenters. The van der Waals surface area contributed by atoms with E-state index in [1.165, 1.54) is 0 Å². The second kappa shape index (κ2) is 7.75. The van der Waals surface area contributed by atoms with E-state index in [9.17, 15) is 4.79 Å². The highest BCUT2D eigenvalue weighted by molar-refractivity contribution is 5.69. The lowest BCUT2D eigenvalue weighted by molar-refractivity contribution is -0.143. The first-order valence-electron chi connectivity index (χ1n) is 6.56. The standard InChI is InChI=1S/C15H22O3/c1-4-11-18-15-12(3)7-6-8-13(15)9-10-14(16)17-5-2/h6-8H,4-5,9-11H2,1-3H3. The maximum absolute atomic E-state index is 11.4. The molecule has 18 heavy (non-hydrogen) atoms. The summed E-state index contributed by atoms with van der Waals surface area (Å²) in [6.07, 6.45) is 2.05. The zero-order valence-electron chi connectivity index (χ0n) is 11.5. The number of carbonyl (C=O) groups is 1. The number of hydrogen-bond acceptors (Lipinski definition) is 3. The molecule has 3 nitrogen and oxygen atoms in total. The molecule has 0 heterocycles. The van der Waals surface area contributed by atoms with Crippen LogP contribution in [0.15, 0.2) is 18.2 Å². The minimum atomic E-state index is -0.152. The fourth-order valence-corrected chi connectivity index (χ4v) is 1.79. The zero-order chi connectivity index (χ0) is 13.4. The van der Waals surface area contributed by atoms with Crippen LogP contribution in [-0.2, 0) is 16.0 Å². The average Bonchev–Trinajstić information content (AvgIpc) is 2.35. The molecular formula is C15H22O3. The number of carbonyl (C=O) groups excluding carboxylic acids is 1. The van der Waals surface area contributed by atoms with Crippen molar-refractivity contribution in [1.82, 2.24) is 0 Å². The molecule has 1 rings (SSSR count). The summed E-state index contributed by atoms with van der Waals surface area (Å²) in [5.74, 6) is 0.768. The minimum absolute atomic E-state index is 0.152. The Kier molecular flexibility index (Phi) is 6.26. The van der Waals surface area contributed by atoms with Crippen molar-refractivity contribution >= 4 is 5.97 Å². The molecule has 0 amide bonds. The topological polar surface area (TPSA) is 35.5 Å². The van der Waals surface area contributed by atoms with Gasteiger partial charge in [-0.1, -0.05) is 25.1 Å². The lowest BCUT2D eigenvalue weighted by Crippen LogP contribution is -2.07. The SMILES string of the molecule is CCCOc1c(C)cccc1CCC(=O)OCC. The second-order valence-corrected chi connectivity index (χ2v) is 4.22. The first kappa shape index (κ1) is 14.6. The van der Waals surface area contributed by atoms with E-state index in [4.69, 9.17) is 9.47 Å². The summed E-state index contributed by atoms with van der Waals surface area (Å²) in [6.45, 7) is 7.07. The number of rotatable bonds is 7. The third-order valence-corrected chi connectivity index (χ3v) is 2.65. The molecule has 0 fully saturated rings. The number of para-hydroxylation sites is 1. The molecule has 0 atom stereocenters. The van der Waals surface area contributed by atoms with E-state index in [1.54, 1.807) is 0 Å². The van der Waals surface area contributed by atoms with Gasteiger partial charge in [0, 0.05) is 6.42 Å². The van der Waals surface area contributed by atoms with Crippen LogP contribution >= 0.6 is 0 Å². The van der Waals surface area contributed by atoms with Crippen LogP contribution in [0.5, 0.6) is 5.75 Å². The van der Waals surface area contributed by atoms with E-state index in [-0.39, 0.29) is 5.97 Å². The number of aryl methyl sites for hydroxylation is 2. The van der Waals surface area contributed by atoms with Gasteiger partial charge in [0.2, 0.25) is 0 Å². The highest BCUT2D eigenvalue weighted by Gasteiger charge is 2.09. The summed E-state index contributed by atoms with van der Waals surface area (Å²) in [5.41, 5.74) is 2.20. The van der Waals surface area contributed by atoms with Gasteiger partial charge in [0.15, 0.2) is 0 Å². The summed E-state index contributed by atoms with van der Waals surface area (Å²) < 4.78 is 10.7. The van der Waals surface area contributed by atoms with E-state index in [0.717, 1.165) is 23.3 Å². The van der Waals surface area contributed by atoms with Gasteiger partial charge < -0.3 is 9.47 Å². The second-order valence-electron chi connectivity index (χ2n) is 4.22. The Bertz CT molecular complexity index is 385. The third-order valence-electron chi connectivity index (χ3n) is 2.65. The van der Waals surface area contributed by atoms with Crippen LogP contribution in [-0.4, -0.2) is 19.2 Å². The lowest BCUT2D eigenvalue weighted by atomic mass is 10.1. The average molecular weight is 250 g/mol. The summed E-state index contributed by atoms with van der Waals surface area (Å²) in [6, 6.07) is 6.03. The smallest absolute Gasteiger partial charge is 0.306 e. The Morgan fingerprint density at radius 2 is 2.06 bits per heavy atom. The molecule has 0 aliphatic rings. The molecule has 0 aliphatic carbocycles. The molecule has 0 bridgehead atoms. The van der Waals surface area contributed by atoms with Crippen LogP contribution in [0, 0.1) is 6.92 Å². The van der Waals surface area contributed by atoms with Crippen molar-refractivity contribution in [2.45, 2.75) is 40.0 Å². The summed E-state index contributed by atoms with van der Waals surface area (Å²) >= 11 is 0. The Morgan fingerprint density at radius 3 is 2.72 bits per heavy atom. The van der Waals surface area contributed by atoms with E-state index in [0.29, 0.717) is 26.1 Å². The molecule has 0 saturated heterocycles. The van der Waals surface area contributed by atoms with Crippen molar-refractivity contribution in [1.29, 1.82) is 0 Å². The predicted octanol–water partition coefficient (Wildman–Crippen LogP) is 3.28. The van der Waals surface area contributed by atoms with Crippen molar-refractivity contribution in [3.8, 4) is 5.75 Å². The highest BCUT2D eigenvalue weighted by atomic mass is 16.5. The van der Waals surface area contributed by atoms with Gasteiger partial charge in [0.25, 0.3) is 0 Å². The normalized spacial score (nSPS) is 10.2.